The molecule has 1 heterocycles. The Morgan fingerprint density at radius 2 is 1.67 bits per heavy atom. The van der Waals surface area contributed by atoms with Crippen LogP contribution in [0.25, 0.3) is 11.3 Å². The number of carbonyl (C=O) groups is 3. The van der Waals surface area contributed by atoms with Gasteiger partial charge >= 0.3 is 0 Å². The van der Waals surface area contributed by atoms with Gasteiger partial charge in [0.2, 0.25) is 5.91 Å². The minimum absolute atomic E-state index is 0.0105. The molecule has 9 nitrogen and oxygen atoms in total. The second-order valence-corrected chi connectivity index (χ2v) is 10.2. The number of rotatable bonds is 9. The number of hydrogen-bond donors (Lipinski definition) is 2. The van der Waals surface area contributed by atoms with E-state index in [1.54, 1.807) is 53.2 Å². The van der Waals surface area contributed by atoms with Crippen molar-refractivity contribution in [3.05, 3.63) is 117 Å². The molecule has 0 aliphatic carbocycles. The van der Waals surface area contributed by atoms with Crippen LogP contribution < -0.4 is 16.2 Å². The van der Waals surface area contributed by atoms with Crippen molar-refractivity contribution < 1.29 is 23.2 Å². The summed E-state index contributed by atoms with van der Waals surface area (Å²) in [5.74, 6) is -2.72. The number of benzene rings is 3. The number of aromatic nitrogens is 2. The largest absolute Gasteiger partial charge is 0.345 e. The molecule has 1 aromatic heterocycles. The van der Waals surface area contributed by atoms with Gasteiger partial charge in [0, 0.05) is 36.3 Å². The third-order valence-corrected chi connectivity index (χ3v) is 7.04. The van der Waals surface area contributed by atoms with Gasteiger partial charge in [-0.25, -0.2) is 13.8 Å². The van der Waals surface area contributed by atoms with E-state index in [4.69, 9.17) is 0 Å². The number of nitrogens with zero attached hydrogens (tertiary/aromatic N) is 3. The summed E-state index contributed by atoms with van der Waals surface area (Å²) in [6, 6.07) is 13.1. The molecule has 1 unspecified atom stereocenters. The molecule has 0 fully saturated rings. The standard InChI is InChI=1S/C32H31F2N5O4/c1-18-25(7-6-8-26(18)31(42)38(4)5)27-16-36-29(37-30(41)19(2)35-3)32(43)39(27)17-20-13-22(15-24(34)14-20)28(40)21-9-11-23(33)12-10-21/h6-16,19,35H,17H2,1-5H3,(H,36,37,41). The fraction of sp³-hybridized carbons (Fsp3) is 0.219. The minimum Gasteiger partial charge on any atom is -0.345 e. The first kappa shape index (κ1) is 30.9. The van der Waals surface area contributed by atoms with Crippen LogP contribution >= 0.6 is 0 Å². The summed E-state index contributed by atoms with van der Waals surface area (Å²) in [6.07, 6.45) is 1.40. The first-order valence-corrected chi connectivity index (χ1v) is 13.4. The third-order valence-electron chi connectivity index (χ3n) is 7.04. The molecular formula is C32H31F2N5O4. The maximum absolute atomic E-state index is 14.8. The van der Waals surface area contributed by atoms with E-state index < -0.39 is 34.9 Å². The van der Waals surface area contributed by atoms with Crippen LogP contribution in [0, 0.1) is 18.6 Å². The molecule has 2 amide bonds. The summed E-state index contributed by atoms with van der Waals surface area (Å²) in [7, 11) is 4.85. The number of ketones is 1. The molecule has 43 heavy (non-hydrogen) atoms. The molecular weight excluding hydrogens is 556 g/mol. The van der Waals surface area contributed by atoms with Gasteiger partial charge in [-0.15, -0.1) is 0 Å². The Morgan fingerprint density at radius 1 is 0.977 bits per heavy atom. The molecule has 1 atom stereocenters. The molecule has 222 valence electrons. The first-order chi connectivity index (χ1) is 20.4. The highest BCUT2D eigenvalue weighted by atomic mass is 19.1. The smallest absolute Gasteiger partial charge is 0.294 e. The van der Waals surface area contributed by atoms with Gasteiger partial charge in [-0.1, -0.05) is 12.1 Å². The lowest BCUT2D eigenvalue weighted by molar-refractivity contribution is -0.117. The highest BCUT2D eigenvalue weighted by molar-refractivity contribution is 6.09. The van der Waals surface area contributed by atoms with Crippen LogP contribution in [0.15, 0.2) is 71.7 Å². The van der Waals surface area contributed by atoms with Crippen LogP contribution in [-0.2, 0) is 11.3 Å². The molecule has 0 aliphatic rings. The summed E-state index contributed by atoms with van der Waals surface area (Å²) < 4.78 is 29.5. The molecule has 0 saturated carbocycles. The Kier molecular flexibility index (Phi) is 9.25. The van der Waals surface area contributed by atoms with E-state index in [1.165, 1.54) is 39.9 Å². The van der Waals surface area contributed by atoms with E-state index in [1.807, 2.05) is 0 Å². The highest BCUT2D eigenvalue weighted by Gasteiger charge is 2.21. The lowest BCUT2D eigenvalue weighted by Crippen LogP contribution is -2.38. The molecule has 0 bridgehead atoms. The fourth-order valence-corrected chi connectivity index (χ4v) is 4.51. The molecule has 2 N–H and O–H groups in total. The van der Waals surface area contributed by atoms with Gasteiger partial charge in [0.25, 0.3) is 11.5 Å². The second-order valence-electron chi connectivity index (χ2n) is 10.2. The third kappa shape index (κ3) is 6.73. The zero-order valence-corrected chi connectivity index (χ0v) is 24.4. The van der Waals surface area contributed by atoms with Gasteiger partial charge in [-0.3, -0.25) is 23.7 Å². The Bertz CT molecular complexity index is 1770. The number of halogens is 2. The summed E-state index contributed by atoms with van der Waals surface area (Å²) in [6.45, 7) is 3.16. The van der Waals surface area contributed by atoms with Gasteiger partial charge in [-0.05, 0) is 80.6 Å². The Labute approximate surface area is 247 Å². The number of likely N-dealkylation sites (N-methyl/N-ethyl adjacent to an activating group) is 1. The number of carbonyl (C=O) groups excluding carboxylic acids is 3. The molecule has 0 aliphatic heterocycles. The average molecular weight is 588 g/mol. The molecule has 4 rings (SSSR count). The Hall–Kier alpha value is -5.03. The summed E-state index contributed by atoms with van der Waals surface area (Å²) >= 11 is 0. The van der Waals surface area contributed by atoms with Crippen LogP contribution in [0.2, 0.25) is 0 Å². The SMILES string of the molecule is CNC(C)C(=O)Nc1ncc(-c2cccc(C(=O)N(C)C)c2C)n(Cc2cc(F)cc(C(=O)c3ccc(F)cc3)c2)c1=O. The van der Waals surface area contributed by atoms with Crippen molar-refractivity contribution in [1.82, 2.24) is 19.8 Å². The molecule has 0 spiro atoms. The number of hydrogen-bond acceptors (Lipinski definition) is 6. The van der Waals surface area contributed by atoms with Gasteiger partial charge < -0.3 is 15.5 Å². The maximum Gasteiger partial charge on any atom is 0.294 e. The van der Waals surface area contributed by atoms with Crippen molar-refractivity contribution in [2.75, 3.05) is 26.5 Å². The number of nitrogens with one attached hydrogen (secondary N) is 2. The van der Waals surface area contributed by atoms with E-state index in [0.29, 0.717) is 22.4 Å². The van der Waals surface area contributed by atoms with Gasteiger partial charge in [0.15, 0.2) is 11.6 Å². The fourth-order valence-electron chi connectivity index (χ4n) is 4.51. The second kappa shape index (κ2) is 12.9. The van der Waals surface area contributed by atoms with E-state index in [2.05, 4.69) is 15.6 Å². The van der Waals surface area contributed by atoms with Gasteiger partial charge in [-0.2, -0.15) is 0 Å². The zero-order chi connectivity index (χ0) is 31.4. The van der Waals surface area contributed by atoms with Crippen molar-refractivity contribution in [1.29, 1.82) is 0 Å². The van der Waals surface area contributed by atoms with Crippen molar-refractivity contribution in [2.24, 2.45) is 0 Å². The lowest BCUT2D eigenvalue weighted by Gasteiger charge is -2.19. The van der Waals surface area contributed by atoms with E-state index in [0.717, 1.165) is 18.2 Å². The molecule has 0 saturated heterocycles. The molecule has 3 aromatic carbocycles. The van der Waals surface area contributed by atoms with Crippen molar-refractivity contribution in [3.63, 3.8) is 0 Å². The van der Waals surface area contributed by atoms with Crippen LogP contribution in [-0.4, -0.2) is 59.2 Å². The van der Waals surface area contributed by atoms with Crippen LogP contribution in [0.5, 0.6) is 0 Å². The van der Waals surface area contributed by atoms with Crippen molar-refractivity contribution in [2.45, 2.75) is 26.4 Å². The van der Waals surface area contributed by atoms with Crippen LogP contribution in [0.4, 0.5) is 14.6 Å². The predicted octanol–water partition coefficient (Wildman–Crippen LogP) is 4.02. The average Bonchev–Trinajstić information content (AvgIpc) is 2.98. The normalized spacial score (nSPS) is 11.6. The van der Waals surface area contributed by atoms with Crippen molar-refractivity contribution in [3.8, 4) is 11.3 Å². The number of anilines is 1. The lowest BCUT2D eigenvalue weighted by atomic mass is 9.98. The van der Waals surface area contributed by atoms with E-state index in [9.17, 15) is 28.0 Å². The molecule has 11 heteroatoms. The summed E-state index contributed by atoms with van der Waals surface area (Å²) in [4.78, 5) is 57.9. The Balaban J connectivity index is 1.86. The maximum atomic E-state index is 14.8. The predicted molar refractivity (Wildman–Crippen MR) is 159 cm³/mol. The molecule has 4 aromatic rings. The number of amides is 2. The van der Waals surface area contributed by atoms with Crippen molar-refractivity contribution >= 4 is 23.4 Å². The van der Waals surface area contributed by atoms with Crippen LogP contribution in [0.3, 0.4) is 0 Å². The zero-order valence-electron chi connectivity index (χ0n) is 24.4. The van der Waals surface area contributed by atoms with E-state index >= 15 is 0 Å². The quantitative estimate of drug-likeness (QED) is 0.286. The first-order valence-electron chi connectivity index (χ1n) is 13.4. The van der Waals surface area contributed by atoms with Gasteiger partial charge in [0.05, 0.1) is 24.5 Å². The topological polar surface area (TPSA) is 113 Å². The molecule has 0 radical (unpaired) electrons. The summed E-state index contributed by atoms with van der Waals surface area (Å²) in [5.41, 5.74) is 1.62. The monoisotopic (exact) mass is 587 g/mol. The van der Waals surface area contributed by atoms with E-state index in [-0.39, 0.29) is 35.0 Å². The van der Waals surface area contributed by atoms with Gasteiger partial charge in [0.1, 0.15) is 11.6 Å². The summed E-state index contributed by atoms with van der Waals surface area (Å²) in [5, 5.41) is 5.32. The Morgan fingerprint density at radius 3 is 2.33 bits per heavy atom. The highest BCUT2D eigenvalue weighted by Crippen LogP contribution is 2.27. The van der Waals surface area contributed by atoms with Crippen LogP contribution in [0.1, 0.15) is 44.3 Å². The minimum atomic E-state index is -0.710.